The lowest BCUT2D eigenvalue weighted by Gasteiger charge is -2.08. The van der Waals surface area contributed by atoms with Gasteiger partial charge in [0, 0.05) is 5.56 Å². The van der Waals surface area contributed by atoms with E-state index in [0.717, 1.165) is 5.56 Å². The zero-order valence-electron chi connectivity index (χ0n) is 8.35. The van der Waals surface area contributed by atoms with Gasteiger partial charge < -0.3 is 5.11 Å². The Balaban J connectivity index is 2.61. The SMILES string of the molecule is Oc1cc(-c2ccc(Cl)c(Cl)c2Cl)ccc1Cl. The maximum atomic E-state index is 9.54. The van der Waals surface area contributed by atoms with Crippen molar-refractivity contribution in [1.82, 2.24) is 0 Å². The number of hydrogen-bond acceptors (Lipinski definition) is 1. The van der Waals surface area contributed by atoms with Crippen LogP contribution in [0, 0.1) is 0 Å². The van der Waals surface area contributed by atoms with Crippen LogP contribution in [-0.2, 0) is 0 Å². The minimum atomic E-state index is -0.00805. The normalized spacial score (nSPS) is 10.6. The van der Waals surface area contributed by atoms with Gasteiger partial charge in [-0.3, -0.25) is 0 Å². The molecule has 0 heterocycles. The van der Waals surface area contributed by atoms with Crippen LogP contribution in [-0.4, -0.2) is 5.11 Å². The fraction of sp³-hybridized carbons (Fsp3) is 0. The summed E-state index contributed by atoms with van der Waals surface area (Å²) in [6.07, 6.45) is 0. The third kappa shape index (κ3) is 2.48. The van der Waals surface area contributed by atoms with E-state index in [2.05, 4.69) is 0 Å². The number of aromatic hydroxyl groups is 1. The molecule has 0 atom stereocenters. The number of phenolic OH excluding ortho intramolecular Hbond substituents is 1. The molecule has 17 heavy (non-hydrogen) atoms. The van der Waals surface area contributed by atoms with Crippen molar-refractivity contribution in [3.63, 3.8) is 0 Å². The summed E-state index contributed by atoms with van der Waals surface area (Å²) in [6, 6.07) is 8.24. The first kappa shape index (κ1) is 12.8. The molecule has 2 rings (SSSR count). The molecule has 0 aromatic heterocycles. The predicted molar refractivity (Wildman–Crippen MR) is 73.6 cm³/mol. The van der Waals surface area contributed by atoms with Crippen LogP contribution < -0.4 is 0 Å². The Morgan fingerprint density at radius 2 is 1.41 bits per heavy atom. The number of phenols is 1. The largest absolute Gasteiger partial charge is 0.506 e. The van der Waals surface area contributed by atoms with Crippen molar-refractivity contribution >= 4 is 46.4 Å². The summed E-state index contributed by atoms with van der Waals surface area (Å²) in [6.45, 7) is 0. The van der Waals surface area contributed by atoms with Crippen molar-refractivity contribution in [3.05, 3.63) is 50.4 Å². The van der Waals surface area contributed by atoms with E-state index in [1.54, 1.807) is 24.3 Å². The van der Waals surface area contributed by atoms with Crippen LogP contribution in [0.15, 0.2) is 30.3 Å². The van der Waals surface area contributed by atoms with Crippen molar-refractivity contribution in [2.75, 3.05) is 0 Å². The van der Waals surface area contributed by atoms with Crippen molar-refractivity contribution in [3.8, 4) is 16.9 Å². The van der Waals surface area contributed by atoms with E-state index in [1.807, 2.05) is 0 Å². The van der Waals surface area contributed by atoms with Crippen molar-refractivity contribution in [1.29, 1.82) is 0 Å². The molecule has 0 aliphatic heterocycles. The molecule has 0 amide bonds. The quantitative estimate of drug-likeness (QED) is 0.673. The van der Waals surface area contributed by atoms with Crippen molar-refractivity contribution < 1.29 is 5.11 Å². The van der Waals surface area contributed by atoms with Crippen LogP contribution in [0.2, 0.25) is 20.1 Å². The number of rotatable bonds is 1. The van der Waals surface area contributed by atoms with E-state index in [0.29, 0.717) is 20.6 Å². The summed E-state index contributed by atoms with van der Waals surface area (Å²) in [7, 11) is 0. The molecule has 0 aliphatic carbocycles. The van der Waals surface area contributed by atoms with Gasteiger partial charge in [0.05, 0.1) is 20.1 Å². The van der Waals surface area contributed by atoms with Crippen LogP contribution >= 0.6 is 46.4 Å². The first-order valence-corrected chi connectivity index (χ1v) is 6.14. The first-order chi connectivity index (χ1) is 8.00. The van der Waals surface area contributed by atoms with E-state index in [9.17, 15) is 5.11 Å². The van der Waals surface area contributed by atoms with Gasteiger partial charge in [-0.05, 0) is 23.8 Å². The van der Waals surface area contributed by atoms with E-state index in [-0.39, 0.29) is 10.8 Å². The van der Waals surface area contributed by atoms with Crippen molar-refractivity contribution in [2.45, 2.75) is 0 Å². The van der Waals surface area contributed by atoms with Gasteiger partial charge in [0.25, 0.3) is 0 Å². The molecule has 0 saturated heterocycles. The maximum absolute atomic E-state index is 9.54. The molecule has 2 aromatic carbocycles. The lowest BCUT2D eigenvalue weighted by atomic mass is 10.1. The lowest BCUT2D eigenvalue weighted by Crippen LogP contribution is -1.82. The summed E-state index contributed by atoms with van der Waals surface area (Å²) in [4.78, 5) is 0. The molecule has 0 radical (unpaired) electrons. The van der Waals surface area contributed by atoms with Gasteiger partial charge in [0.15, 0.2) is 0 Å². The molecule has 0 aliphatic rings. The number of benzene rings is 2. The predicted octanol–water partition coefficient (Wildman–Crippen LogP) is 5.67. The molecule has 0 fully saturated rings. The monoisotopic (exact) mass is 306 g/mol. The van der Waals surface area contributed by atoms with Crippen LogP contribution in [0.4, 0.5) is 0 Å². The average molecular weight is 308 g/mol. The molecule has 0 saturated carbocycles. The van der Waals surface area contributed by atoms with E-state index in [1.165, 1.54) is 6.07 Å². The second-order valence-electron chi connectivity index (χ2n) is 3.39. The number of hydrogen-bond donors (Lipinski definition) is 1. The van der Waals surface area contributed by atoms with Gasteiger partial charge in [0.2, 0.25) is 0 Å². The Morgan fingerprint density at radius 1 is 0.765 bits per heavy atom. The molecule has 2 aromatic rings. The smallest absolute Gasteiger partial charge is 0.134 e. The fourth-order valence-electron chi connectivity index (χ4n) is 1.43. The minimum absolute atomic E-state index is 0.00805. The summed E-state index contributed by atoms with van der Waals surface area (Å²) < 4.78 is 0. The van der Waals surface area contributed by atoms with E-state index < -0.39 is 0 Å². The van der Waals surface area contributed by atoms with Crippen LogP contribution in [0.25, 0.3) is 11.1 Å². The van der Waals surface area contributed by atoms with E-state index >= 15 is 0 Å². The highest BCUT2D eigenvalue weighted by Gasteiger charge is 2.11. The number of halogens is 4. The topological polar surface area (TPSA) is 20.2 Å². The van der Waals surface area contributed by atoms with Crippen molar-refractivity contribution in [2.24, 2.45) is 0 Å². The Kier molecular flexibility index (Phi) is 3.74. The molecule has 0 unspecified atom stereocenters. The molecule has 1 nitrogen and oxygen atoms in total. The summed E-state index contributed by atoms with van der Waals surface area (Å²) in [5.74, 6) is -0.00805. The molecule has 88 valence electrons. The Hall–Kier alpha value is -0.600. The van der Waals surface area contributed by atoms with Gasteiger partial charge in [-0.25, -0.2) is 0 Å². The molecular weight excluding hydrogens is 302 g/mol. The standard InChI is InChI=1S/C12H6Cl4O/c13-8-3-1-6(5-10(8)17)7-2-4-9(14)12(16)11(7)15/h1-5,17H. The maximum Gasteiger partial charge on any atom is 0.134 e. The van der Waals surface area contributed by atoms with Crippen LogP contribution in [0.3, 0.4) is 0 Å². The molecular formula is C12H6Cl4O. The van der Waals surface area contributed by atoms with E-state index in [4.69, 9.17) is 46.4 Å². The summed E-state index contributed by atoms with van der Waals surface area (Å²) >= 11 is 23.6. The van der Waals surface area contributed by atoms with Crippen LogP contribution in [0.1, 0.15) is 0 Å². The third-order valence-electron chi connectivity index (χ3n) is 2.29. The van der Waals surface area contributed by atoms with Gasteiger partial charge >= 0.3 is 0 Å². The highest BCUT2D eigenvalue weighted by molar-refractivity contribution is 6.49. The minimum Gasteiger partial charge on any atom is -0.506 e. The second kappa shape index (κ2) is 4.95. The lowest BCUT2D eigenvalue weighted by molar-refractivity contribution is 0.476. The molecule has 1 N–H and O–H groups in total. The second-order valence-corrected chi connectivity index (χ2v) is 4.96. The van der Waals surface area contributed by atoms with Gasteiger partial charge in [0.1, 0.15) is 5.75 Å². The fourth-order valence-corrected chi connectivity index (χ4v) is 2.19. The van der Waals surface area contributed by atoms with Gasteiger partial charge in [-0.2, -0.15) is 0 Å². The summed E-state index contributed by atoms with van der Waals surface area (Å²) in [5, 5.41) is 10.9. The first-order valence-electron chi connectivity index (χ1n) is 4.63. The highest BCUT2D eigenvalue weighted by atomic mass is 35.5. The van der Waals surface area contributed by atoms with Gasteiger partial charge in [-0.15, -0.1) is 0 Å². The zero-order valence-corrected chi connectivity index (χ0v) is 11.4. The molecule has 0 spiro atoms. The molecule has 0 bridgehead atoms. The Morgan fingerprint density at radius 3 is 2.06 bits per heavy atom. The zero-order chi connectivity index (χ0) is 12.6. The average Bonchev–Trinajstić information content (AvgIpc) is 2.30. The Labute approximate surface area is 118 Å². The third-order valence-corrected chi connectivity index (χ3v) is 3.91. The Bertz CT molecular complexity index is 581. The van der Waals surface area contributed by atoms with Crippen LogP contribution in [0.5, 0.6) is 5.75 Å². The summed E-state index contributed by atoms with van der Waals surface area (Å²) in [5.41, 5.74) is 1.41. The highest BCUT2D eigenvalue weighted by Crippen LogP contribution is 2.39. The van der Waals surface area contributed by atoms with Gasteiger partial charge in [-0.1, -0.05) is 58.5 Å². The molecule has 5 heteroatoms.